The predicted octanol–water partition coefficient (Wildman–Crippen LogP) is 2.58. The van der Waals surface area contributed by atoms with Gasteiger partial charge in [0.2, 0.25) is 0 Å². The number of rotatable bonds is 6. The molecule has 0 unspecified atom stereocenters. The van der Waals surface area contributed by atoms with Crippen LogP contribution in [0, 0.1) is 0 Å². The number of thiophene rings is 1. The zero-order chi connectivity index (χ0) is 12.9. The van der Waals surface area contributed by atoms with Gasteiger partial charge in [0, 0.05) is 35.4 Å². The van der Waals surface area contributed by atoms with Crippen LogP contribution < -0.4 is 10.1 Å². The Hall–Kier alpha value is -0.580. The molecule has 0 aromatic carbocycles. The second kappa shape index (κ2) is 6.38. The third-order valence-electron chi connectivity index (χ3n) is 2.44. The number of methoxy groups -OCH3 is 1. The van der Waals surface area contributed by atoms with E-state index in [1.807, 2.05) is 0 Å². The van der Waals surface area contributed by atoms with Gasteiger partial charge in [-0.25, -0.2) is 0 Å². The molecule has 0 spiro atoms. The number of nitrogens with zero attached hydrogens (tertiary/aromatic N) is 1. The lowest BCUT2D eigenvalue weighted by molar-refractivity contribution is 0.305. The monoisotopic (exact) mass is 256 g/mol. The van der Waals surface area contributed by atoms with Gasteiger partial charge in [0.1, 0.15) is 5.75 Å². The third-order valence-corrected chi connectivity index (χ3v) is 3.34. The van der Waals surface area contributed by atoms with Gasteiger partial charge in [0.05, 0.1) is 7.11 Å². The second-order valence-corrected chi connectivity index (χ2v) is 6.36. The highest BCUT2D eigenvalue weighted by Gasteiger charge is 2.09. The molecule has 1 N–H and O–H groups in total. The molecule has 0 bridgehead atoms. The van der Waals surface area contributed by atoms with Crippen LogP contribution in [0.25, 0.3) is 0 Å². The second-order valence-electron chi connectivity index (χ2n) is 5.37. The highest BCUT2D eigenvalue weighted by atomic mass is 32.1. The van der Waals surface area contributed by atoms with Crippen molar-refractivity contribution in [2.24, 2.45) is 0 Å². The van der Waals surface area contributed by atoms with Gasteiger partial charge in [-0.05, 0) is 33.9 Å². The van der Waals surface area contributed by atoms with E-state index in [0.29, 0.717) is 0 Å². The van der Waals surface area contributed by atoms with Crippen molar-refractivity contribution in [1.29, 1.82) is 0 Å². The Labute approximate surface area is 109 Å². The molecule has 17 heavy (non-hydrogen) atoms. The third kappa shape index (κ3) is 6.05. The van der Waals surface area contributed by atoms with Gasteiger partial charge in [-0.2, -0.15) is 0 Å². The molecule has 4 heteroatoms. The maximum Gasteiger partial charge on any atom is 0.129 e. The molecule has 1 rings (SSSR count). The van der Waals surface area contributed by atoms with Gasteiger partial charge in [-0.1, -0.05) is 0 Å². The molecule has 0 aliphatic heterocycles. The van der Waals surface area contributed by atoms with Crippen molar-refractivity contribution in [2.75, 3.05) is 27.2 Å². The molecule has 0 aliphatic rings. The van der Waals surface area contributed by atoms with Crippen molar-refractivity contribution < 1.29 is 4.74 Å². The largest absolute Gasteiger partial charge is 0.496 e. The Morgan fingerprint density at radius 2 is 2.12 bits per heavy atom. The predicted molar refractivity (Wildman–Crippen MR) is 75.0 cm³/mol. The quantitative estimate of drug-likeness (QED) is 0.846. The summed E-state index contributed by atoms with van der Waals surface area (Å²) in [5.41, 5.74) is 0.201. The lowest BCUT2D eigenvalue weighted by Gasteiger charge is -2.23. The molecule has 0 amide bonds. The van der Waals surface area contributed by atoms with Crippen molar-refractivity contribution in [3.05, 3.63) is 16.3 Å². The van der Waals surface area contributed by atoms with Crippen LogP contribution in [0.1, 0.15) is 25.6 Å². The molecule has 1 aromatic heterocycles. The molecule has 0 aliphatic carbocycles. The van der Waals surface area contributed by atoms with Gasteiger partial charge >= 0.3 is 0 Å². The number of ether oxygens (including phenoxy) is 1. The molecule has 0 fully saturated rings. The van der Waals surface area contributed by atoms with E-state index >= 15 is 0 Å². The normalized spacial score (nSPS) is 12.1. The first-order valence-electron chi connectivity index (χ1n) is 5.96. The molecule has 98 valence electrons. The molecular formula is C13H24N2OS. The molecule has 1 aromatic rings. The van der Waals surface area contributed by atoms with Crippen LogP contribution >= 0.6 is 11.3 Å². The Morgan fingerprint density at radius 3 is 2.65 bits per heavy atom. The summed E-state index contributed by atoms with van der Waals surface area (Å²) < 4.78 is 5.18. The summed E-state index contributed by atoms with van der Waals surface area (Å²) in [5.74, 6) is 0.964. The van der Waals surface area contributed by atoms with Crippen molar-refractivity contribution in [3.8, 4) is 5.75 Å². The van der Waals surface area contributed by atoms with Crippen LogP contribution in [-0.4, -0.2) is 37.7 Å². The number of nitrogens with one attached hydrogen (secondary N) is 1. The molecule has 1 heterocycles. The standard InChI is InChI=1S/C13H24N2OS/c1-13(2,3)14-6-7-15(4)9-12-8-11(16-5)10-17-12/h8,10,14H,6-7,9H2,1-5H3. The maximum atomic E-state index is 5.18. The van der Waals surface area contributed by atoms with Crippen LogP contribution in [0.4, 0.5) is 0 Å². The topological polar surface area (TPSA) is 24.5 Å². The van der Waals surface area contributed by atoms with Crippen LogP contribution in [-0.2, 0) is 6.54 Å². The average Bonchev–Trinajstić information content (AvgIpc) is 2.63. The summed E-state index contributed by atoms with van der Waals surface area (Å²) in [6.45, 7) is 9.63. The number of likely N-dealkylation sites (N-methyl/N-ethyl adjacent to an activating group) is 1. The van der Waals surface area contributed by atoms with E-state index in [2.05, 4.69) is 49.5 Å². The SMILES string of the molecule is COc1csc(CN(C)CCNC(C)(C)C)c1. The van der Waals surface area contributed by atoms with E-state index in [9.17, 15) is 0 Å². The molecule has 0 saturated heterocycles. The Morgan fingerprint density at radius 1 is 1.41 bits per heavy atom. The fraction of sp³-hybridized carbons (Fsp3) is 0.692. The lowest BCUT2D eigenvalue weighted by atomic mass is 10.1. The maximum absolute atomic E-state index is 5.18. The zero-order valence-electron chi connectivity index (χ0n) is 11.5. The molecule has 3 nitrogen and oxygen atoms in total. The first-order valence-corrected chi connectivity index (χ1v) is 6.83. The average molecular weight is 256 g/mol. The molecular weight excluding hydrogens is 232 g/mol. The zero-order valence-corrected chi connectivity index (χ0v) is 12.4. The van der Waals surface area contributed by atoms with Gasteiger partial charge < -0.3 is 15.0 Å². The summed E-state index contributed by atoms with van der Waals surface area (Å²) in [4.78, 5) is 3.67. The Bertz CT molecular complexity index is 330. The van der Waals surface area contributed by atoms with Crippen molar-refractivity contribution in [2.45, 2.75) is 32.9 Å². The van der Waals surface area contributed by atoms with E-state index in [1.54, 1.807) is 18.4 Å². The fourth-order valence-electron chi connectivity index (χ4n) is 1.52. The molecule has 0 atom stereocenters. The minimum absolute atomic E-state index is 0.201. The van der Waals surface area contributed by atoms with E-state index in [4.69, 9.17) is 4.74 Å². The van der Waals surface area contributed by atoms with Crippen molar-refractivity contribution in [1.82, 2.24) is 10.2 Å². The van der Waals surface area contributed by atoms with Gasteiger partial charge in [-0.3, -0.25) is 0 Å². The van der Waals surface area contributed by atoms with Gasteiger partial charge in [-0.15, -0.1) is 11.3 Å². The van der Waals surface area contributed by atoms with Crippen LogP contribution in [0.5, 0.6) is 5.75 Å². The van der Waals surface area contributed by atoms with Gasteiger partial charge in [0.15, 0.2) is 0 Å². The highest BCUT2D eigenvalue weighted by molar-refractivity contribution is 7.10. The van der Waals surface area contributed by atoms with Gasteiger partial charge in [0.25, 0.3) is 0 Å². The van der Waals surface area contributed by atoms with E-state index < -0.39 is 0 Å². The first-order chi connectivity index (χ1) is 7.90. The smallest absolute Gasteiger partial charge is 0.129 e. The van der Waals surface area contributed by atoms with Crippen molar-refractivity contribution in [3.63, 3.8) is 0 Å². The Balaban J connectivity index is 2.27. The van der Waals surface area contributed by atoms with E-state index in [1.165, 1.54) is 4.88 Å². The van der Waals surface area contributed by atoms with Crippen LogP contribution in [0.3, 0.4) is 0 Å². The van der Waals surface area contributed by atoms with Crippen LogP contribution in [0.2, 0.25) is 0 Å². The summed E-state index contributed by atoms with van der Waals surface area (Å²) in [6.07, 6.45) is 0. The first kappa shape index (κ1) is 14.5. The van der Waals surface area contributed by atoms with Crippen molar-refractivity contribution >= 4 is 11.3 Å². The highest BCUT2D eigenvalue weighted by Crippen LogP contribution is 2.21. The summed E-state index contributed by atoms with van der Waals surface area (Å²) in [5, 5.41) is 5.54. The van der Waals surface area contributed by atoms with E-state index in [0.717, 1.165) is 25.4 Å². The minimum atomic E-state index is 0.201. The summed E-state index contributed by atoms with van der Waals surface area (Å²) in [7, 11) is 3.86. The Kier molecular flexibility index (Phi) is 5.43. The molecule has 0 saturated carbocycles. The van der Waals surface area contributed by atoms with E-state index in [-0.39, 0.29) is 5.54 Å². The van der Waals surface area contributed by atoms with Crippen LogP contribution in [0.15, 0.2) is 11.4 Å². The number of hydrogen-bond acceptors (Lipinski definition) is 4. The lowest BCUT2D eigenvalue weighted by Crippen LogP contribution is -2.40. The minimum Gasteiger partial charge on any atom is -0.496 e. The summed E-state index contributed by atoms with van der Waals surface area (Å²) in [6, 6.07) is 2.11. The molecule has 0 radical (unpaired) electrons. The number of hydrogen-bond donors (Lipinski definition) is 1. The fourth-order valence-corrected chi connectivity index (χ4v) is 2.43. The summed E-state index contributed by atoms with van der Waals surface area (Å²) >= 11 is 1.75.